The minimum atomic E-state index is 0.578. The number of pyridine rings is 1. The van der Waals surface area contributed by atoms with Crippen LogP contribution in [0.25, 0.3) is 0 Å². The van der Waals surface area contributed by atoms with Crippen LogP contribution in [-0.4, -0.2) is 34.3 Å². The van der Waals surface area contributed by atoms with Crippen molar-refractivity contribution in [1.82, 2.24) is 25.4 Å². The van der Waals surface area contributed by atoms with Crippen molar-refractivity contribution in [3.8, 4) is 11.6 Å². The molecule has 152 valence electrons. The molecule has 7 heteroatoms. The van der Waals surface area contributed by atoms with Gasteiger partial charge in [-0.1, -0.05) is 6.07 Å². The molecular weight excluding hydrogens is 364 g/mol. The average molecular weight is 393 g/mol. The van der Waals surface area contributed by atoms with Crippen LogP contribution in [0.15, 0.2) is 60.0 Å². The zero-order valence-corrected chi connectivity index (χ0v) is 17.2. The van der Waals surface area contributed by atoms with Crippen molar-refractivity contribution >= 4 is 5.96 Å². The highest BCUT2D eigenvalue weighted by Crippen LogP contribution is 2.22. The molecule has 2 aromatic heterocycles. The second-order valence-corrected chi connectivity index (χ2v) is 6.83. The van der Waals surface area contributed by atoms with Crippen LogP contribution in [0.5, 0.6) is 11.6 Å². The van der Waals surface area contributed by atoms with Crippen molar-refractivity contribution in [1.29, 1.82) is 0 Å². The summed E-state index contributed by atoms with van der Waals surface area (Å²) in [5.41, 5.74) is 3.51. The molecule has 0 aliphatic rings. The Bertz CT molecular complexity index is 936. The minimum absolute atomic E-state index is 0.578. The molecule has 0 radical (unpaired) electrons. The number of aliphatic imine (C=N–C) groups is 1. The molecule has 3 aromatic rings. The van der Waals surface area contributed by atoms with Gasteiger partial charge in [0.15, 0.2) is 5.96 Å². The van der Waals surface area contributed by atoms with E-state index < -0.39 is 0 Å². The first-order valence-corrected chi connectivity index (χ1v) is 9.76. The molecule has 3 rings (SSSR count). The van der Waals surface area contributed by atoms with Gasteiger partial charge >= 0.3 is 0 Å². The predicted molar refractivity (Wildman–Crippen MR) is 115 cm³/mol. The summed E-state index contributed by atoms with van der Waals surface area (Å²) >= 11 is 0. The molecule has 1 aromatic carbocycles. The van der Waals surface area contributed by atoms with Gasteiger partial charge in [0.1, 0.15) is 5.75 Å². The number of nitrogens with one attached hydrogen (secondary N) is 2. The number of aryl methyl sites for hydroxylation is 3. The van der Waals surface area contributed by atoms with Gasteiger partial charge in [-0.15, -0.1) is 0 Å². The Kier molecular flexibility index (Phi) is 7.22. The standard InChI is InChI=1S/C22H28N6O/c1-17-6-7-20(14-18(17)2)29-21-15-19(8-11-24-21)16-26-22(23-3)25-9-4-12-28-13-5-10-27-28/h5-8,10-11,13-15H,4,9,12,16H2,1-3H3,(H2,23,25,26). The first-order chi connectivity index (χ1) is 14.1. The molecule has 0 aliphatic carbocycles. The highest BCUT2D eigenvalue weighted by Gasteiger charge is 2.04. The van der Waals surface area contributed by atoms with Crippen LogP contribution in [0.2, 0.25) is 0 Å². The fourth-order valence-corrected chi connectivity index (χ4v) is 2.80. The van der Waals surface area contributed by atoms with Crippen molar-refractivity contribution in [2.75, 3.05) is 13.6 Å². The molecule has 0 saturated carbocycles. The molecule has 2 heterocycles. The first-order valence-electron chi connectivity index (χ1n) is 9.76. The van der Waals surface area contributed by atoms with Gasteiger partial charge in [0.2, 0.25) is 5.88 Å². The number of ether oxygens (including phenoxy) is 1. The summed E-state index contributed by atoms with van der Waals surface area (Å²) in [4.78, 5) is 8.59. The smallest absolute Gasteiger partial charge is 0.219 e. The summed E-state index contributed by atoms with van der Waals surface area (Å²) in [6.45, 7) is 6.48. The topological polar surface area (TPSA) is 76.4 Å². The molecule has 0 bridgehead atoms. The van der Waals surface area contributed by atoms with Crippen LogP contribution >= 0.6 is 0 Å². The third-order valence-corrected chi connectivity index (χ3v) is 4.60. The second kappa shape index (κ2) is 10.3. The second-order valence-electron chi connectivity index (χ2n) is 6.83. The molecule has 0 fully saturated rings. The number of guanidine groups is 1. The lowest BCUT2D eigenvalue weighted by molar-refractivity contribution is 0.461. The normalized spacial score (nSPS) is 11.3. The molecular formula is C22H28N6O. The zero-order valence-electron chi connectivity index (χ0n) is 17.2. The van der Waals surface area contributed by atoms with Crippen molar-refractivity contribution < 1.29 is 4.74 Å². The Morgan fingerprint density at radius 2 is 2.00 bits per heavy atom. The summed E-state index contributed by atoms with van der Waals surface area (Å²) in [6.07, 6.45) is 6.48. The highest BCUT2D eigenvalue weighted by atomic mass is 16.5. The Hall–Kier alpha value is -3.35. The number of hydrogen-bond acceptors (Lipinski definition) is 4. The third-order valence-electron chi connectivity index (χ3n) is 4.60. The SMILES string of the molecule is CN=C(NCCCn1cccn1)NCc1ccnc(Oc2ccc(C)c(C)c2)c1. The number of benzene rings is 1. The molecule has 0 unspecified atom stereocenters. The van der Waals surface area contributed by atoms with E-state index in [1.165, 1.54) is 11.1 Å². The maximum absolute atomic E-state index is 5.91. The molecule has 0 spiro atoms. The van der Waals surface area contributed by atoms with Crippen molar-refractivity contribution in [2.45, 2.75) is 33.4 Å². The fraction of sp³-hybridized carbons (Fsp3) is 0.318. The predicted octanol–water partition coefficient (Wildman–Crippen LogP) is 3.44. The van der Waals surface area contributed by atoms with Gasteiger partial charge in [-0.05, 0) is 61.2 Å². The van der Waals surface area contributed by atoms with E-state index in [0.29, 0.717) is 12.4 Å². The third kappa shape index (κ3) is 6.34. The summed E-state index contributed by atoms with van der Waals surface area (Å²) in [7, 11) is 1.77. The van der Waals surface area contributed by atoms with Crippen molar-refractivity contribution in [3.63, 3.8) is 0 Å². The van der Waals surface area contributed by atoms with E-state index in [4.69, 9.17) is 4.74 Å². The maximum atomic E-state index is 5.91. The Morgan fingerprint density at radius 1 is 1.10 bits per heavy atom. The molecule has 29 heavy (non-hydrogen) atoms. The maximum Gasteiger partial charge on any atom is 0.219 e. The number of aromatic nitrogens is 3. The van der Waals surface area contributed by atoms with Gasteiger partial charge in [0, 0.05) is 51.3 Å². The zero-order chi connectivity index (χ0) is 20.5. The largest absolute Gasteiger partial charge is 0.439 e. The van der Waals surface area contributed by atoms with E-state index in [2.05, 4.69) is 45.6 Å². The van der Waals surface area contributed by atoms with E-state index in [0.717, 1.165) is 36.8 Å². The number of nitrogens with zero attached hydrogens (tertiary/aromatic N) is 4. The van der Waals surface area contributed by atoms with Crippen LogP contribution in [0.4, 0.5) is 0 Å². The van der Waals surface area contributed by atoms with Crippen LogP contribution in [0.1, 0.15) is 23.1 Å². The molecule has 0 saturated heterocycles. The van der Waals surface area contributed by atoms with Crippen LogP contribution in [0.3, 0.4) is 0 Å². The van der Waals surface area contributed by atoms with Crippen molar-refractivity contribution in [2.24, 2.45) is 4.99 Å². The van der Waals surface area contributed by atoms with E-state index in [1.54, 1.807) is 19.4 Å². The average Bonchev–Trinajstić information content (AvgIpc) is 3.24. The summed E-state index contributed by atoms with van der Waals surface area (Å²) in [5.74, 6) is 2.13. The Labute approximate surface area is 171 Å². The van der Waals surface area contributed by atoms with E-state index >= 15 is 0 Å². The van der Waals surface area contributed by atoms with Crippen LogP contribution < -0.4 is 15.4 Å². The van der Waals surface area contributed by atoms with E-state index in [9.17, 15) is 0 Å². The highest BCUT2D eigenvalue weighted by molar-refractivity contribution is 5.79. The first kappa shape index (κ1) is 20.4. The molecule has 2 N–H and O–H groups in total. The van der Waals surface area contributed by atoms with Gasteiger partial charge in [-0.25, -0.2) is 4.98 Å². The summed E-state index contributed by atoms with van der Waals surface area (Å²) in [5, 5.41) is 10.8. The quantitative estimate of drug-likeness (QED) is 0.349. The summed E-state index contributed by atoms with van der Waals surface area (Å²) in [6, 6.07) is 11.9. The van der Waals surface area contributed by atoms with Crippen LogP contribution in [-0.2, 0) is 13.1 Å². The van der Waals surface area contributed by atoms with Gasteiger partial charge in [0.25, 0.3) is 0 Å². The van der Waals surface area contributed by atoms with E-state index in [1.807, 2.05) is 41.2 Å². The van der Waals surface area contributed by atoms with Crippen molar-refractivity contribution in [3.05, 3.63) is 71.7 Å². The number of hydrogen-bond donors (Lipinski definition) is 2. The molecule has 0 aliphatic heterocycles. The van der Waals surface area contributed by atoms with Crippen LogP contribution in [0, 0.1) is 13.8 Å². The lowest BCUT2D eigenvalue weighted by Crippen LogP contribution is -2.37. The van der Waals surface area contributed by atoms with Gasteiger partial charge in [-0.2, -0.15) is 5.10 Å². The Morgan fingerprint density at radius 3 is 2.76 bits per heavy atom. The van der Waals surface area contributed by atoms with Gasteiger partial charge in [0.05, 0.1) is 0 Å². The lowest BCUT2D eigenvalue weighted by Gasteiger charge is -2.13. The van der Waals surface area contributed by atoms with Gasteiger partial charge < -0.3 is 15.4 Å². The molecule has 7 nitrogen and oxygen atoms in total. The Balaban J connectivity index is 1.47. The van der Waals surface area contributed by atoms with E-state index in [-0.39, 0.29) is 0 Å². The minimum Gasteiger partial charge on any atom is -0.439 e. The summed E-state index contributed by atoms with van der Waals surface area (Å²) < 4.78 is 7.83. The number of rotatable bonds is 8. The van der Waals surface area contributed by atoms with Gasteiger partial charge in [-0.3, -0.25) is 9.67 Å². The fourth-order valence-electron chi connectivity index (χ4n) is 2.80. The monoisotopic (exact) mass is 392 g/mol. The molecule has 0 atom stereocenters. The molecule has 0 amide bonds. The lowest BCUT2D eigenvalue weighted by atomic mass is 10.1.